The Morgan fingerprint density at radius 3 is 3.04 bits per heavy atom. The number of ether oxygens (including phenoxy) is 2. The summed E-state index contributed by atoms with van der Waals surface area (Å²) < 4.78 is 25.1. The van der Waals surface area contributed by atoms with Crippen LogP contribution in [0.4, 0.5) is 5.82 Å². The van der Waals surface area contributed by atoms with Crippen LogP contribution in [0.2, 0.25) is 0 Å². The lowest BCUT2D eigenvalue weighted by molar-refractivity contribution is -0.119. The summed E-state index contributed by atoms with van der Waals surface area (Å²) in [5.41, 5.74) is 6.30. The van der Waals surface area contributed by atoms with Crippen molar-refractivity contribution >= 4 is 35.5 Å². The average Bonchev–Trinajstić information content (AvgIpc) is 3.11. The van der Waals surface area contributed by atoms with E-state index in [0.717, 1.165) is 12.8 Å². The molecule has 0 amide bonds. The zero-order chi connectivity index (χ0) is 19.2. The van der Waals surface area contributed by atoms with Crippen LogP contribution in [0.1, 0.15) is 32.4 Å². The number of hydrogen-bond donors (Lipinski definition) is 2. The molecule has 27 heavy (non-hydrogen) atoms. The van der Waals surface area contributed by atoms with E-state index < -0.39 is 30.8 Å². The lowest BCUT2D eigenvalue weighted by Crippen LogP contribution is -2.50. The molecule has 3 N–H and O–H groups in total. The largest absolute Gasteiger partial charge is 0.382 e. The molecule has 0 aliphatic carbocycles. The van der Waals surface area contributed by atoms with Crippen molar-refractivity contribution in [3.63, 3.8) is 0 Å². The van der Waals surface area contributed by atoms with Crippen molar-refractivity contribution in [2.45, 2.75) is 50.2 Å². The summed E-state index contributed by atoms with van der Waals surface area (Å²) in [7, 11) is 1.33. The van der Waals surface area contributed by atoms with E-state index in [1.54, 1.807) is 10.9 Å². The number of hydrogen-bond acceptors (Lipinski definition) is 9. The summed E-state index contributed by atoms with van der Waals surface area (Å²) in [5.74, 6) is 0.293. The number of imidazole rings is 1. The maximum absolute atomic E-state index is 10.3. The summed E-state index contributed by atoms with van der Waals surface area (Å²) >= 11 is 5.08. The third kappa shape index (κ3) is 3.17. The van der Waals surface area contributed by atoms with Gasteiger partial charge in [-0.05, 0) is 18.2 Å². The van der Waals surface area contributed by atoms with Gasteiger partial charge in [-0.1, -0.05) is 13.3 Å². The average molecular weight is 415 g/mol. The van der Waals surface area contributed by atoms with E-state index in [1.165, 1.54) is 13.4 Å². The van der Waals surface area contributed by atoms with Crippen molar-refractivity contribution in [3.05, 3.63) is 12.7 Å². The van der Waals surface area contributed by atoms with Gasteiger partial charge in [0.1, 0.15) is 29.7 Å². The molecule has 10 nitrogen and oxygen atoms in total. The number of nitrogen functional groups attached to an aromatic ring is 1. The van der Waals surface area contributed by atoms with E-state index in [2.05, 4.69) is 21.9 Å². The summed E-state index contributed by atoms with van der Waals surface area (Å²) in [6.07, 6.45) is 3.61. The standard InChI is InChI=1S/C15H22N5O5PS/c1-3-4-15-5-6-23-10(11(15)25-26(21,27)22-2)14(24-15)20-8-19-9-12(16)17-7-18-13(9)20/h7-8,10-11,14H,3-6H2,1-2H3,(H,21,27)(H2,16,17,18)/t10-,11?,14+,15+,26?/m0/s1. The van der Waals surface area contributed by atoms with Gasteiger partial charge in [-0.15, -0.1) is 0 Å². The molecule has 0 spiro atoms. The Bertz CT molecular complexity index is 893. The number of fused-ring (bicyclic) bond motifs is 3. The lowest BCUT2D eigenvalue weighted by atomic mass is 9.86. The highest BCUT2D eigenvalue weighted by Gasteiger charge is 2.60. The Morgan fingerprint density at radius 2 is 2.30 bits per heavy atom. The zero-order valence-electron chi connectivity index (χ0n) is 15.0. The van der Waals surface area contributed by atoms with Crippen molar-refractivity contribution in [2.75, 3.05) is 19.5 Å². The molecule has 2 aliphatic rings. The molecular weight excluding hydrogens is 393 g/mol. The van der Waals surface area contributed by atoms with Crippen LogP contribution >= 0.6 is 6.72 Å². The van der Waals surface area contributed by atoms with Crippen molar-refractivity contribution in [1.82, 2.24) is 19.5 Å². The Labute approximate surface area is 161 Å². The minimum atomic E-state index is -3.40. The van der Waals surface area contributed by atoms with E-state index in [9.17, 15) is 4.89 Å². The van der Waals surface area contributed by atoms with Gasteiger partial charge >= 0.3 is 6.72 Å². The minimum absolute atomic E-state index is 0.293. The summed E-state index contributed by atoms with van der Waals surface area (Å²) in [4.78, 5) is 22.8. The highest BCUT2D eigenvalue weighted by Crippen LogP contribution is 2.55. The fourth-order valence-electron chi connectivity index (χ4n) is 3.93. The molecule has 0 saturated carbocycles. The Morgan fingerprint density at radius 1 is 1.48 bits per heavy atom. The molecule has 2 aliphatic heterocycles. The Hall–Kier alpha value is -1.20. The van der Waals surface area contributed by atoms with Crippen LogP contribution in [0.25, 0.3) is 11.2 Å². The molecule has 2 saturated heterocycles. The fraction of sp³-hybridized carbons (Fsp3) is 0.667. The molecule has 0 radical (unpaired) electrons. The lowest BCUT2D eigenvalue weighted by Gasteiger charge is -2.39. The number of aromatic nitrogens is 4. The van der Waals surface area contributed by atoms with Crippen LogP contribution in [-0.4, -0.2) is 55.9 Å². The molecule has 0 aromatic carbocycles. The third-order valence-electron chi connectivity index (χ3n) is 5.10. The van der Waals surface area contributed by atoms with Crippen molar-refractivity contribution in [3.8, 4) is 0 Å². The van der Waals surface area contributed by atoms with Gasteiger partial charge in [0.25, 0.3) is 0 Å². The predicted octanol–water partition coefficient (Wildman–Crippen LogP) is 1.51. The monoisotopic (exact) mass is 415 g/mol. The summed E-state index contributed by atoms with van der Waals surface area (Å²) in [6, 6.07) is 0. The van der Waals surface area contributed by atoms with Crippen LogP contribution in [0.15, 0.2) is 12.7 Å². The molecule has 5 atom stereocenters. The highest BCUT2D eigenvalue weighted by molar-refractivity contribution is 8.07. The first-order chi connectivity index (χ1) is 12.9. The van der Waals surface area contributed by atoms with Gasteiger partial charge in [-0.3, -0.25) is 9.09 Å². The van der Waals surface area contributed by atoms with Gasteiger partial charge in [-0.2, -0.15) is 0 Å². The van der Waals surface area contributed by atoms with Crippen LogP contribution < -0.4 is 5.73 Å². The van der Waals surface area contributed by atoms with E-state index in [1.807, 2.05) is 0 Å². The van der Waals surface area contributed by atoms with Crippen molar-refractivity contribution < 1.29 is 23.4 Å². The van der Waals surface area contributed by atoms with Crippen LogP contribution in [-0.2, 0) is 30.3 Å². The number of nitrogens with two attached hydrogens (primary N) is 1. The first kappa shape index (κ1) is 19.1. The number of anilines is 1. The summed E-state index contributed by atoms with van der Waals surface area (Å²) in [5, 5.41) is 0. The fourth-order valence-corrected chi connectivity index (χ4v) is 4.89. The molecule has 2 unspecified atom stereocenters. The molecule has 4 heterocycles. The van der Waals surface area contributed by atoms with E-state index in [4.69, 9.17) is 36.1 Å². The topological polar surface area (TPSA) is 127 Å². The second kappa shape index (κ2) is 7.00. The predicted molar refractivity (Wildman–Crippen MR) is 100 cm³/mol. The number of rotatable bonds is 6. The molecule has 12 heteroatoms. The quantitative estimate of drug-likeness (QED) is 0.670. The second-order valence-corrected chi connectivity index (χ2v) is 9.57. The molecule has 4 rings (SSSR count). The van der Waals surface area contributed by atoms with E-state index >= 15 is 0 Å². The van der Waals surface area contributed by atoms with Gasteiger partial charge in [-0.25, -0.2) is 15.0 Å². The van der Waals surface area contributed by atoms with Crippen LogP contribution in [0, 0.1) is 0 Å². The molecule has 2 bridgehead atoms. The van der Waals surface area contributed by atoms with E-state index in [-0.39, 0.29) is 0 Å². The van der Waals surface area contributed by atoms with E-state index in [0.29, 0.717) is 30.0 Å². The maximum atomic E-state index is 10.3. The normalized spacial score (nSPS) is 32.6. The number of nitrogens with zero attached hydrogens (tertiary/aromatic N) is 4. The van der Waals surface area contributed by atoms with Crippen molar-refractivity contribution in [2.24, 2.45) is 0 Å². The second-order valence-electron chi connectivity index (χ2n) is 6.67. The van der Waals surface area contributed by atoms with Gasteiger partial charge in [0, 0.05) is 13.5 Å². The van der Waals surface area contributed by atoms with Gasteiger partial charge in [0.2, 0.25) is 0 Å². The van der Waals surface area contributed by atoms with Gasteiger partial charge in [0.15, 0.2) is 17.7 Å². The molecule has 2 fully saturated rings. The third-order valence-corrected chi connectivity index (χ3v) is 6.76. The highest BCUT2D eigenvalue weighted by atomic mass is 32.5. The summed E-state index contributed by atoms with van der Waals surface area (Å²) in [6.45, 7) is -0.811. The first-order valence-electron chi connectivity index (χ1n) is 8.70. The first-order valence-corrected chi connectivity index (χ1v) is 11.3. The molecular formula is C15H22N5O5PS. The van der Waals surface area contributed by atoms with Crippen LogP contribution in [0.5, 0.6) is 0 Å². The minimum Gasteiger partial charge on any atom is -0.382 e. The zero-order valence-corrected chi connectivity index (χ0v) is 16.7. The smallest absolute Gasteiger partial charge is 0.324 e. The van der Waals surface area contributed by atoms with Crippen LogP contribution in [0.3, 0.4) is 0 Å². The Balaban J connectivity index is 1.76. The molecule has 2 aromatic rings. The van der Waals surface area contributed by atoms with Crippen molar-refractivity contribution in [1.29, 1.82) is 0 Å². The molecule has 2 aromatic heterocycles. The van der Waals surface area contributed by atoms with Gasteiger partial charge < -0.3 is 24.6 Å². The molecule has 148 valence electrons. The van der Waals surface area contributed by atoms with Gasteiger partial charge in [0.05, 0.1) is 12.9 Å². The maximum Gasteiger partial charge on any atom is 0.324 e. The SMILES string of the molecule is CCC[C@@]12CCO[C@@H](C1OP(O)(=S)OC)[C@H](n1cnc3c(N)ncnc31)O2. The Kier molecular flexibility index (Phi) is 4.96.